The van der Waals surface area contributed by atoms with Crippen LogP contribution in [0, 0.1) is 5.92 Å². The van der Waals surface area contributed by atoms with Gasteiger partial charge in [-0.1, -0.05) is 0 Å². The molecule has 6 heteroatoms. The SMILES string of the molecule is NC(=O)C1CCNC2(C1)CC2c1cnn2c1C[C@H](O)CC2. The van der Waals surface area contributed by atoms with Crippen molar-refractivity contribution in [3.05, 3.63) is 17.5 Å². The Morgan fingerprint density at radius 1 is 1.48 bits per heavy atom. The number of aliphatic hydroxyl groups excluding tert-OH is 1. The molecule has 1 saturated carbocycles. The number of nitrogens with one attached hydrogen (secondary N) is 1. The van der Waals surface area contributed by atoms with E-state index in [1.165, 1.54) is 11.3 Å². The highest BCUT2D eigenvalue weighted by Crippen LogP contribution is 2.57. The number of aromatic nitrogens is 2. The molecule has 2 fully saturated rings. The van der Waals surface area contributed by atoms with Gasteiger partial charge < -0.3 is 16.2 Å². The summed E-state index contributed by atoms with van der Waals surface area (Å²) in [4.78, 5) is 11.5. The molecule has 4 N–H and O–H groups in total. The van der Waals surface area contributed by atoms with Crippen molar-refractivity contribution in [2.75, 3.05) is 6.54 Å². The number of fused-ring (bicyclic) bond motifs is 1. The van der Waals surface area contributed by atoms with Crippen molar-refractivity contribution in [2.24, 2.45) is 11.7 Å². The molecule has 4 atom stereocenters. The number of hydrogen-bond acceptors (Lipinski definition) is 4. The molecule has 0 radical (unpaired) electrons. The van der Waals surface area contributed by atoms with E-state index in [-0.39, 0.29) is 23.5 Å². The van der Waals surface area contributed by atoms with E-state index in [0.717, 1.165) is 38.8 Å². The van der Waals surface area contributed by atoms with Gasteiger partial charge in [-0.25, -0.2) is 0 Å². The molecule has 3 heterocycles. The summed E-state index contributed by atoms with van der Waals surface area (Å²) in [7, 11) is 0. The number of carbonyl (C=O) groups excluding carboxylic acids is 1. The summed E-state index contributed by atoms with van der Waals surface area (Å²) in [5.74, 6) is 0.232. The molecule has 1 saturated heterocycles. The molecule has 3 unspecified atom stereocenters. The topological polar surface area (TPSA) is 93.2 Å². The Morgan fingerprint density at radius 3 is 3.14 bits per heavy atom. The first-order chi connectivity index (χ1) is 10.1. The molecule has 3 aliphatic rings. The van der Waals surface area contributed by atoms with Gasteiger partial charge in [0.05, 0.1) is 12.3 Å². The van der Waals surface area contributed by atoms with Crippen LogP contribution in [0.4, 0.5) is 0 Å². The average Bonchev–Trinajstić information content (AvgIpc) is 2.96. The monoisotopic (exact) mass is 290 g/mol. The number of primary amides is 1. The number of rotatable bonds is 2. The fourth-order valence-corrected chi connectivity index (χ4v) is 4.21. The molecule has 0 bridgehead atoms. The maximum Gasteiger partial charge on any atom is 0.220 e. The van der Waals surface area contributed by atoms with E-state index in [4.69, 9.17) is 5.73 Å². The Kier molecular flexibility index (Phi) is 2.87. The molecule has 114 valence electrons. The molecule has 2 aliphatic heterocycles. The third-order valence-electron chi connectivity index (χ3n) is 5.52. The minimum Gasteiger partial charge on any atom is -0.393 e. The maximum atomic E-state index is 11.5. The normalized spacial score (nSPS) is 38.2. The van der Waals surface area contributed by atoms with Crippen molar-refractivity contribution in [1.29, 1.82) is 0 Å². The van der Waals surface area contributed by atoms with Crippen LogP contribution in [0.3, 0.4) is 0 Å². The van der Waals surface area contributed by atoms with Crippen LogP contribution in [0.15, 0.2) is 6.20 Å². The minimum absolute atomic E-state index is 0.00626. The van der Waals surface area contributed by atoms with Gasteiger partial charge in [0, 0.05) is 36.0 Å². The Morgan fingerprint density at radius 2 is 2.33 bits per heavy atom. The van der Waals surface area contributed by atoms with Gasteiger partial charge in [-0.15, -0.1) is 0 Å². The first kappa shape index (κ1) is 13.3. The number of nitrogens with two attached hydrogens (primary N) is 1. The molecule has 6 nitrogen and oxygen atoms in total. The van der Waals surface area contributed by atoms with Gasteiger partial charge in [-0.2, -0.15) is 5.10 Å². The van der Waals surface area contributed by atoms with Crippen molar-refractivity contribution < 1.29 is 9.90 Å². The third-order valence-corrected chi connectivity index (χ3v) is 5.52. The average molecular weight is 290 g/mol. The summed E-state index contributed by atoms with van der Waals surface area (Å²) >= 11 is 0. The molecule has 21 heavy (non-hydrogen) atoms. The van der Waals surface area contributed by atoms with Crippen molar-refractivity contribution in [3.8, 4) is 0 Å². The van der Waals surface area contributed by atoms with Crippen LogP contribution in [0.25, 0.3) is 0 Å². The van der Waals surface area contributed by atoms with Gasteiger partial charge in [-0.3, -0.25) is 9.48 Å². The summed E-state index contributed by atoms with van der Waals surface area (Å²) in [5.41, 5.74) is 7.96. The summed E-state index contributed by atoms with van der Waals surface area (Å²) in [6.45, 7) is 1.66. The highest BCUT2D eigenvalue weighted by atomic mass is 16.3. The number of piperidine rings is 1. The number of nitrogens with zero attached hydrogens (tertiary/aromatic N) is 2. The lowest BCUT2D eigenvalue weighted by Gasteiger charge is -2.30. The summed E-state index contributed by atoms with van der Waals surface area (Å²) in [6, 6.07) is 0. The lowest BCUT2D eigenvalue weighted by atomic mass is 9.87. The molecule has 1 aromatic rings. The Hall–Kier alpha value is -1.40. The van der Waals surface area contributed by atoms with Crippen LogP contribution in [-0.4, -0.2) is 39.0 Å². The number of amides is 1. The number of carbonyl (C=O) groups is 1. The number of hydrogen-bond donors (Lipinski definition) is 3. The summed E-state index contributed by atoms with van der Waals surface area (Å²) < 4.78 is 2.03. The molecule has 1 spiro atoms. The van der Waals surface area contributed by atoms with Gasteiger partial charge in [0.2, 0.25) is 5.91 Å². The largest absolute Gasteiger partial charge is 0.393 e. The van der Waals surface area contributed by atoms with E-state index in [1.807, 2.05) is 10.9 Å². The van der Waals surface area contributed by atoms with E-state index >= 15 is 0 Å². The second kappa shape index (κ2) is 4.55. The molecule has 1 aromatic heterocycles. The first-order valence-corrected chi connectivity index (χ1v) is 7.86. The van der Waals surface area contributed by atoms with Gasteiger partial charge in [0.15, 0.2) is 0 Å². The Labute approximate surface area is 123 Å². The minimum atomic E-state index is -0.250. The fraction of sp³-hybridized carbons (Fsp3) is 0.733. The highest BCUT2D eigenvalue weighted by molar-refractivity contribution is 5.77. The quantitative estimate of drug-likeness (QED) is 0.709. The molecular weight excluding hydrogens is 268 g/mol. The van der Waals surface area contributed by atoms with Crippen molar-refractivity contribution in [2.45, 2.75) is 56.2 Å². The Bertz CT molecular complexity index is 584. The smallest absolute Gasteiger partial charge is 0.220 e. The van der Waals surface area contributed by atoms with Crippen LogP contribution in [0.5, 0.6) is 0 Å². The van der Waals surface area contributed by atoms with Crippen molar-refractivity contribution in [1.82, 2.24) is 15.1 Å². The second-order valence-corrected chi connectivity index (χ2v) is 6.85. The maximum absolute atomic E-state index is 11.5. The lowest BCUT2D eigenvalue weighted by molar-refractivity contribution is -0.123. The summed E-state index contributed by atoms with van der Waals surface area (Å²) in [5, 5.41) is 18.0. The van der Waals surface area contributed by atoms with Gasteiger partial charge >= 0.3 is 0 Å². The lowest BCUT2D eigenvalue weighted by Crippen LogP contribution is -2.45. The highest BCUT2D eigenvalue weighted by Gasteiger charge is 2.58. The number of aliphatic hydroxyl groups is 1. The van der Waals surface area contributed by atoms with Crippen molar-refractivity contribution >= 4 is 5.91 Å². The van der Waals surface area contributed by atoms with Crippen LogP contribution in [0.1, 0.15) is 42.9 Å². The zero-order chi connectivity index (χ0) is 14.6. The van der Waals surface area contributed by atoms with E-state index in [1.54, 1.807) is 0 Å². The van der Waals surface area contributed by atoms with E-state index < -0.39 is 0 Å². The molecular formula is C15H22N4O2. The van der Waals surface area contributed by atoms with E-state index in [2.05, 4.69) is 10.4 Å². The van der Waals surface area contributed by atoms with Crippen molar-refractivity contribution in [3.63, 3.8) is 0 Å². The molecule has 0 aromatic carbocycles. The summed E-state index contributed by atoms with van der Waals surface area (Å²) in [6.07, 6.45) is 5.91. The molecule has 4 rings (SSSR count). The van der Waals surface area contributed by atoms with Crippen LogP contribution < -0.4 is 11.1 Å². The van der Waals surface area contributed by atoms with E-state index in [0.29, 0.717) is 12.3 Å². The Balaban J connectivity index is 1.57. The zero-order valence-corrected chi connectivity index (χ0v) is 12.1. The molecule has 1 aliphatic carbocycles. The predicted molar refractivity (Wildman–Crippen MR) is 76.6 cm³/mol. The van der Waals surface area contributed by atoms with Crippen LogP contribution in [0.2, 0.25) is 0 Å². The van der Waals surface area contributed by atoms with Crippen LogP contribution in [-0.2, 0) is 17.8 Å². The van der Waals surface area contributed by atoms with Crippen LogP contribution >= 0.6 is 0 Å². The first-order valence-electron chi connectivity index (χ1n) is 7.86. The van der Waals surface area contributed by atoms with Gasteiger partial charge in [0.1, 0.15) is 0 Å². The standard InChI is InChI=1S/C15H22N4O2/c16-14(21)9-1-3-17-15(6-9)7-12(15)11-8-18-19-4-2-10(20)5-13(11)19/h8-10,12,17,20H,1-7H2,(H2,16,21)/t9?,10-,12?,15?/m1/s1. The van der Waals surface area contributed by atoms with E-state index in [9.17, 15) is 9.90 Å². The predicted octanol–water partition coefficient (Wildman–Crippen LogP) is -0.0988. The third kappa shape index (κ3) is 2.08. The zero-order valence-electron chi connectivity index (χ0n) is 12.1. The second-order valence-electron chi connectivity index (χ2n) is 6.85. The molecule has 1 amide bonds. The van der Waals surface area contributed by atoms with Gasteiger partial charge in [-0.05, 0) is 37.8 Å². The number of aryl methyl sites for hydroxylation is 1. The fourth-order valence-electron chi connectivity index (χ4n) is 4.21. The van der Waals surface area contributed by atoms with Gasteiger partial charge in [0.25, 0.3) is 0 Å².